The molecule has 34 heavy (non-hydrogen) atoms. The zero-order valence-electron chi connectivity index (χ0n) is 20.7. The summed E-state index contributed by atoms with van der Waals surface area (Å²) in [6.07, 6.45) is 12.2. The predicted molar refractivity (Wildman–Crippen MR) is 125 cm³/mol. The topological polar surface area (TPSA) is 118 Å². The molecular formula is C26H44O8. The first kappa shape index (κ1) is 26.5. The van der Waals surface area contributed by atoms with E-state index >= 15 is 0 Å². The highest BCUT2D eigenvalue weighted by atomic mass is 16.6. The van der Waals surface area contributed by atoms with Gasteiger partial charge in [0.2, 0.25) is 0 Å². The van der Waals surface area contributed by atoms with Crippen LogP contribution in [0.25, 0.3) is 0 Å². The summed E-state index contributed by atoms with van der Waals surface area (Å²) in [6, 6.07) is 0. The van der Waals surface area contributed by atoms with Crippen LogP contribution in [0.4, 0.5) is 0 Å². The lowest BCUT2D eigenvalue weighted by molar-refractivity contribution is -0.185. The van der Waals surface area contributed by atoms with Crippen LogP contribution in [0.2, 0.25) is 0 Å². The molecule has 0 amide bonds. The van der Waals surface area contributed by atoms with Gasteiger partial charge in [0.1, 0.15) is 17.3 Å². The number of rotatable bonds is 7. The van der Waals surface area contributed by atoms with Crippen molar-refractivity contribution in [2.45, 2.75) is 138 Å². The summed E-state index contributed by atoms with van der Waals surface area (Å²) in [5.41, 5.74) is -0.902. The molecule has 4 saturated heterocycles. The zero-order chi connectivity index (χ0) is 24.3. The molecule has 8 heteroatoms. The van der Waals surface area contributed by atoms with E-state index in [0.29, 0.717) is 12.5 Å². The Labute approximate surface area is 203 Å². The van der Waals surface area contributed by atoms with E-state index in [2.05, 4.69) is 13.8 Å². The summed E-state index contributed by atoms with van der Waals surface area (Å²) in [6.45, 7) is 3.90. The molecule has 196 valence electrons. The third kappa shape index (κ3) is 5.25. The summed E-state index contributed by atoms with van der Waals surface area (Å²) < 4.78 is 23.9. The van der Waals surface area contributed by atoms with Crippen molar-refractivity contribution in [1.82, 2.24) is 0 Å². The van der Waals surface area contributed by atoms with Gasteiger partial charge >= 0.3 is 0 Å². The van der Waals surface area contributed by atoms with Crippen molar-refractivity contribution in [3.05, 3.63) is 12.2 Å². The van der Waals surface area contributed by atoms with Crippen LogP contribution in [-0.2, 0) is 18.9 Å². The molecule has 0 aromatic rings. The van der Waals surface area contributed by atoms with E-state index in [4.69, 9.17) is 24.1 Å². The molecule has 4 fully saturated rings. The van der Waals surface area contributed by atoms with Gasteiger partial charge in [0.25, 0.3) is 0 Å². The van der Waals surface area contributed by atoms with Crippen molar-refractivity contribution in [3.8, 4) is 0 Å². The van der Waals surface area contributed by atoms with E-state index in [1.807, 2.05) is 12.2 Å². The normalized spacial score (nSPS) is 45.8. The Balaban J connectivity index is 0.000000162. The fourth-order valence-corrected chi connectivity index (χ4v) is 6.40. The number of hydrogen-bond acceptors (Lipinski definition) is 8. The van der Waals surface area contributed by atoms with Gasteiger partial charge in [-0.2, -0.15) is 0 Å². The lowest BCUT2D eigenvalue weighted by Gasteiger charge is -2.40. The maximum absolute atomic E-state index is 9.74. The van der Waals surface area contributed by atoms with Crippen molar-refractivity contribution in [2.24, 2.45) is 0 Å². The Morgan fingerprint density at radius 1 is 0.912 bits per heavy atom. The quantitative estimate of drug-likeness (QED) is 0.406. The van der Waals surface area contributed by atoms with Crippen LogP contribution in [0.15, 0.2) is 12.2 Å². The molecule has 1 aliphatic carbocycles. The molecule has 4 aliphatic heterocycles. The molecule has 0 aromatic heterocycles. The largest absolute Gasteiger partial charge is 0.394 e. The number of aliphatic hydroxyl groups excluding tert-OH is 4. The summed E-state index contributed by atoms with van der Waals surface area (Å²) in [7, 11) is 0. The molecule has 2 bridgehead atoms. The van der Waals surface area contributed by atoms with Crippen LogP contribution in [0.5, 0.6) is 0 Å². The molecule has 5 rings (SSSR count). The minimum atomic E-state index is -0.896. The second kappa shape index (κ2) is 11.2. The van der Waals surface area contributed by atoms with E-state index < -0.39 is 23.9 Å². The zero-order valence-corrected chi connectivity index (χ0v) is 20.7. The van der Waals surface area contributed by atoms with Gasteiger partial charge in [0, 0.05) is 12.8 Å². The van der Waals surface area contributed by atoms with E-state index in [-0.39, 0.29) is 43.2 Å². The minimum absolute atomic E-state index is 0.0459. The van der Waals surface area contributed by atoms with Crippen molar-refractivity contribution < 1.29 is 39.4 Å². The Morgan fingerprint density at radius 3 is 2.24 bits per heavy atom. The van der Waals surface area contributed by atoms with Gasteiger partial charge in [0.05, 0.1) is 55.9 Å². The fourth-order valence-electron chi connectivity index (χ4n) is 6.40. The second-order valence-electron chi connectivity index (χ2n) is 10.7. The molecule has 4 heterocycles. The van der Waals surface area contributed by atoms with Gasteiger partial charge in [0.15, 0.2) is 0 Å². The number of fused-ring (bicyclic) bond motifs is 2. The predicted octanol–water partition coefficient (Wildman–Crippen LogP) is 2.00. The summed E-state index contributed by atoms with van der Waals surface area (Å²) in [4.78, 5) is 0. The van der Waals surface area contributed by atoms with Crippen LogP contribution >= 0.6 is 0 Å². The standard InChI is InChI=1S/C13H24O5.C13H20O3/c1-2-3-9-4-5-12-13(8-15,18-9)6-11(17-12)10(16)7-14;1-2-3-9-4-5-12-13(16-9)7-6-10(14)11(8-13)15-12/h9-12,14-16H,2-8H2,1H3;6-7,9-12,14H,2-5,8H2,1H3/t9-,10+,11?,12-,13+;9-,10+,11+,12-,13-/m00/s1. The van der Waals surface area contributed by atoms with Gasteiger partial charge in [-0.3, -0.25) is 0 Å². The lowest BCUT2D eigenvalue weighted by atomic mass is 9.82. The number of hydrogen-bond donors (Lipinski definition) is 4. The molecule has 0 saturated carbocycles. The van der Waals surface area contributed by atoms with Crippen molar-refractivity contribution in [1.29, 1.82) is 0 Å². The molecule has 1 unspecified atom stereocenters. The molecular weight excluding hydrogens is 440 g/mol. The maximum atomic E-state index is 9.74. The van der Waals surface area contributed by atoms with Gasteiger partial charge in [-0.15, -0.1) is 0 Å². The minimum Gasteiger partial charge on any atom is -0.394 e. The smallest absolute Gasteiger partial charge is 0.120 e. The molecule has 5 aliphatic rings. The Morgan fingerprint density at radius 2 is 1.59 bits per heavy atom. The van der Waals surface area contributed by atoms with E-state index in [1.54, 1.807) is 0 Å². The van der Waals surface area contributed by atoms with Crippen molar-refractivity contribution >= 4 is 0 Å². The Bertz CT molecular complexity index is 688. The van der Waals surface area contributed by atoms with E-state index in [9.17, 15) is 15.3 Å². The van der Waals surface area contributed by atoms with Gasteiger partial charge in [-0.1, -0.05) is 38.8 Å². The van der Waals surface area contributed by atoms with Crippen LogP contribution in [0.3, 0.4) is 0 Å². The third-order valence-electron chi connectivity index (χ3n) is 8.23. The van der Waals surface area contributed by atoms with Crippen LogP contribution < -0.4 is 0 Å². The van der Waals surface area contributed by atoms with Gasteiger partial charge < -0.3 is 39.4 Å². The Hall–Kier alpha value is -0.580. The fraction of sp³-hybridized carbons (Fsp3) is 0.923. The summed E-state index contributed by atoms with van der Waals surface area (Å²) in [5, 5.41) is 38.1. The van der Waals surface area contributed by atoms with Gasteiger partial charge in [-0.25, -0.2) is 0 Å². The first-order valence-corrected chi connectivity index (χ1v) is 13.3. The van der Waals surface area contributed by atoms with Crippen LogP contribution in [-0.4, -0.2) is 93.7 Å². The summed E-state index contributed by atoms with van der Waals surface area (Å²) >= 11 is 0. The van der Waals surface area contributed by atoms with Crippen molar-refractivity contribution in [2.75, 3.05) is 13.2 Å². The lowest BCUT2D eigenvalue weighted by Crippen LogP contribution is -2.51. The van der Waals surface area contributed by atoms with E-state index in [1.165, 1.54) is 6.42 Å². The number of aliphatic hydroxyl groups is 4. The average Bonchev–Trinajstić information content (AvgIpc) is 3.38. The van der Waals surface area contributed by atoms with Gasteiger partial charge in [-0.05, 0) is 38.5 Å². The highest BCUT2D eigenvalue weighted by Crippen LogP contribution is 2.46. The van der Waals surface area contributed by atoms with Crippen molar-refractivity contribution in [3.63, 3.8) is 0 Å². The molecule has 4 N–H and O–H groups in total. The first-order valence-electron chi connectivity index (χ1n) is 13.3. The molecule has 1 spiro atoms. The average molecular weight is 485 g/mol. The third-order valence-corrected chi connectivity index (χ3v) is 8.23. The first-order chi connectivity index (χ1) is 16.4. The molecule has 10 atom stereocenters. The molecule has 0 aromatic carbocycles. The van der Waals surface area contributed by atoms with Crippen LogP contribution in [0, 0.1) is 0 Å². The van der Waals surface area contributed by atoms with Crippen LogP contribution in [0.1, 0.15) is 78.1 Å². The molecule has 8 nitrogen and oxygen atoms in total. The maximum Gasteiger partial charge on any atom is 0.120 e. The molecule has 0 radical (unpaired) electrons. The highest BCUT2D eigenvalue weighted by molar-refractivity contribution is 5.21. The number of ether oxygens (including phenoxy) is 4. The summed E-state index contributed by atoms with van der Waals surface area (Å²) in [5.74, 6) is 0. The Kier molecular flexibility index (Phi) is 8.74. The second-order valence-corrected chi connectivity index (χ2v) is 10.7. The SMILES string of the molecule is CCC[C@H]1CC[C@@H]2OC([C@H](O)CO)C[C@]2(CO)O1.CCC[C@H]1CC[C@@H]2O[C@@H]3C[C@]2(C=C[C@H]3O)O1. The monoisotopic (exact) mass is 484 g/mol. The van der Waals surface area contributed by atoms with E-state index in [0.717, 1.165) is 51.4 Å². The highest BCUT2D eigenvalue weighted by Gasteiger charge is 2.55.